The Hall–Kier alpha value is -5.79. The van der Waals surface area contributed by atoms with Crippen LogP contribution in [0.25, 0.3) is 16.5 Å². The number of hydrogen-bond donors (Lipinski definition) is 2. The maximum absolute atomic E-state index is 14.4. The Morgan fingerprint density at radius 3 is 2.42 bits per heavy atom. The number of imidazole rings is 1. The van der Waals surface area contributed by atoms with Crippen molar-refractivity contribution in [2.45, 2.75) is 25.9 Å². The number of nitrogens with two attached hydrogens (primary N) is 1. The highest BCUT2D eigenvalue weighted by molar-refractivity contribution is 6.04. The molecule has 228 valence electrons. The van der Waals surface area contributed by atoms with E-state index in [1.807, 2.05) is 0 Å². The minimum Gasteiger partial charge on any atom is -0.457 e. The first-order chi connectivity index (χ1) is 21.5. The number of carbonyl (C=O) groups is 3. The van der Waals surface area contributed by atoms with Crippen LogP contribution in [0.1, 0.15) is 44.9 Å². The lowest BCUT2D eigenvalue weighted by atomic mass is 10.1. The molecule has 6 rings (SSSR count). The molecular formula is C31H23F3N6O5. The predicted molar refractivity (Wildman–Crippen MR) is 154 cm³/mol. The molecule has 0 radical (unpaired) electrons. The molecule has 0 spiro atoms. The maximum Gasteiger partial charge on any atom is 0.422 e. The standard InChI is InChI=1S/C31H23F3N6O5/c1-16-14-40(15-38-16)23-11-19(28(35)41)12-24(26(23)31(32,33)34)45-30(43)27-22-5-4-20(10-18(22)6-8-37-27)44-21-7-9-36-25(13-21)39-29(42)17-2-3-17/h4-15,17H,2-3H2,1H3,(H2,35,41)(H,36,39,42). The first-order valence-corrected chi connectivity index (χ1v) is 13.6. The van der Waals surface area contributed by atoms with Gasteiger partial charge in [-0.05, 0) is 67.6 Å². The Morgan fingerprint density at radius 1 is 0.978 bits per heavy atom. The van der Waals surface area contributed by atoms with Gasteiger partial charge in [-0.25, -0.2) is 19.7 Å². The number of anilines is 1. The summed E-state index contributed by atoms with van der Waals surface area (Å²) in [6.45, 7) is 1.58. The summed E-state index contributed by atoms with van der Waals surface area (Å²) in [5.41, 5.74) is 3.42. The number of nitrogens with one attached hydrogen (secondary N) is 1. The van der Waals surface area contributed by atoms with Crippen LogP contribution in [-0.2, 0) is 11.0 Å². The quantitative estimate of drug-likeness (QED) is 0.169. The van der Waals surface area contributed by atoms with Crippen molar-refractivity contribution in [3.63, 3.8) is 0 Å². The summed E-state index contributed by atoms with van der Waals surface area (Å²) in [7, 11) is 0. The summed E-state index contributed by atoms with van der Waals surface area (Å²) in [5.74, 6) is -2.15. The molecule has 14 heteroatoms. The molecule has 5 aromatic rings. The van der Waals surface area contributed by atoms with E-state index in [4.69, 9.17) is 15.2 Å². The molecule has 1 fully saturated rings. The van der Waals surface area contributed by atoms with E-state index in [9.17, 15) is 27.6 Å². The number of amides is 2. The topological polar surface area (TPSA) is 151 Å². The monoisotopic (exact) mass is 616 g/mol. The number of esters is 1. The number of ether oxygens (including phenoxy) is 2. The van der Waals surface area contributed by atoms with Crippen molar-refractivity contribution in [2.24, 2.45) is 11.7 Å². The molecule has 0 unspecified atom stereocenters. The van der Waals surface area contributed by atoms with Gasteiger partial charge in [-0.3, -0.25) is 9.59 Å². The highest BCUT2D eigenvalue weighted by Crippen LogP contribution is 2.42. The molecule has 2 amide bonds. The van der Waals surface area contributed by atoms with Crippen LogP contribution in [0.5, 0.6) is 17.2 Å². The summed E-state index contributed by atoms with van der Waals surface area (Å²) < 4.78 is 55.4. The van der Waals surface area contributed by atoms with Gasteiger partial charge in [-0.15, -0.1) is 0 Å². The van der Waals surface area contributed by atoms with E-state index in [-0.39, 0.29) is 28.5 Å². The van der Waals surface area contributed by atoms with E-state index >= 15 is 0 Å². The zero-order chi connectivity index (χ0) is 31.9. The van der Waals surface area contributed by atoms with Gasteiger partial charge in [0.15, 0.2) is 5.69 Å². The minimum absolute atomic E-state index is 0.00139. The lowest BCUT2D eigenvalue weighted by molar-refractivity contribution is -0.138. The van der Waals surface area contributed by atoms with Crippen molar-refractivity contribution in [2.75, 3.05) is 5.32 Å². The zero-order valence-electron chi connectivity index (χ0n) is 23.5. The van der Waals surface area contributed by atoms with Gasteiger partial charge in [0.05, 0.1) is 17.7 Å². The minimum atomic E-state index is -4.99. The normalized spacial score (nSPS) is 13.0. The van der Waals surface area contributed by atoms with Crippen molar-refractivity contribution in [3.05, 3.63) is 96.0 Å². The van der Waals surface area contributed by atoms with Crippen molar-refractivity contribution in [1.29, 1.82) is 0 Å². The average Bonchev–Trinajstić information content (AvgIpc) is 3.76. The molecule has 0 aliphatic heterocycles. The number of primary amides is 1. The highest BCUT2D eigenvalue weighted by Gasteiger charge is 2.40. The van der Waals surface area contributed by atoms with Gasteiger partial charge in [-0.1, -0.05) is 0 Å². The summed E-state index contributed by atoms with van der Waals surface area (Å²) in [6.07, 6.45) is 1.94. The Kier molecular flexibility index (Phi) is 7.40. The summed E-state index contributed by atoms with van der Waals surface area (Å²) in [6, 6.07) is 11.1. The molecule has 3 heterocycles. The van der Waals surface area contributed by atoms with E-state index in [0.717, 1.165) is 35.9 Å². The number of alkyl halides is 3. The largest absolute Gasteiger partial charge is 0.457 e. The van der Waals surface area contributed by atoms with Crippen molar-refractivity contribution >= 4 is 34.4 Å². The Bertz CT molecular complexity index is 1990. The van der Waals surface area contributed by atoms with E-state index in [0.29, 0.717) is 28.4 Å². The van der Waals surface area contributed by atoms with E-state index in [1.54, 1.807) is 31.2 Å². The third-order valence-corrected chi connectivity index (χ3v) is 6.94. The second-order valence-corrected chi connectivity index (χ2v) is 10.3. The van der Waals surface area contributed by atoms with Crippen molar-refractivity contribution < 1.29 is 37.0 Å². The first kappa shape index (κ1) is 29.3. The molecule has 0 bridgehead atoms. The number of benzene rings is 2. The summed E-state index contributed by atoms with van der Waals surface area (Å²) >= 11 is 0. The van der Waals surface area contributed by atoms with Crippen molar-refractivity contribution in [1.82, 2.24) is 19.5 Å². The fraction of sp³-hybridized carbons (Fsp3) is 0.161. The van der Waals surface area contributed by atoms with Gasteiger partial charge in [-0.2, -0.15) is 13.2 Å². The molecule has 1 aliphatic rings. The number of carbonyl (C=O) groups excluding carboxylic acids is 3. The fourth-order valence-corrected chi connectivity index (χ4v) is 4.65. The molecule has 11 nitrogen and oxygen atoms in total. The van der Waals surface area contributed by atoms with Crippen molar-refractivity contribution in [3.8, 4) is 22.9 Å². The lowest BCUT2D eigenvalue weighted by Gasteiger charge is -2.19. The summed E-state index contributed by atoms with van der Waals surface area (Å²) in [5, 5.41) is 3.49. The maximum atomic E-state index is 14.4. The van der Waals surface area contributed by atoms with Gasteiger partial charge in [0.25, 0.3) is 0 Å². The van der Waals surface area contributed by atoms with Crippen LogP contribution in [0.4, 0.5) is 19.0 Å². The molecule has 1 aliphatic carbocycles. The van der Waals surface area contributed by atoms with E-state index in [2.05, 4.69) is 20.3 Å². The van der Waals surface area contributed by atoms with Gasteiger partial charge < -0.3 is 25.1 Å². The number of aryl methyl sites for hydroxylation is 1. The number of pyridine rings is 2. The number of halogens is 3. The van der Waals surface area contributed by atoms with Crippen LogP contribution >= 0.6 is 0 Å². The van der Waals surface area contributed by atoms with E-state index < -0.39 is 35.1 Å². The van der Waals surface area contributed by atoms with Crippen LogP contribution < -0.4 is 20.5 Å². The predicted octanol–water partition coefficient (Wildman–Crippen LogP) is 5.60. The molecule has 0 saturated heterocycles. The Balaban J connectivity index is 1.31. The molecule has 3 N–H and O–H groups in total. The van der Waals surface area contributed by atoms with Gasteiger partial charge in [0, 0.05) is 41.5 Å². The molecule has 3 aromatic heterocycles. The number of hydrogen-bond acceptors (Lipinski definition) is 8. The second kappa shape index (κ2) is 11.4. The molecule has 1 saturated carbocycles. The number of nitrogens with zero attached hydrogens (tertiary/aromatic N) is 4. The Morgan fingerprint density at radius 2 is 1.73 bits per heavy atom. The molecule has 2 aromatic carbocycles. The average molecular weight is 617 g/mol. The van der Waals surface area contributed by atoms with Gasteiger partial charge in [0.2, 0.25) is 11.8 Å². The number of aromatic nitrogens is 4. The second-order valence-electron chi connectivity index (χ2n) is 10.3. The van der Waals surface area contributed by atoms with Gasteiger partial charge >= 0.3 is 12.1 Å². The van der Waals surface area contributed by atoms with E-state index in [1.165, 1.54) is 30.7 Å². The molecular weight excluding hydrogens is 593 g/mol. The highest BCUT2D eigenvalue weighted by atomic mass is 19.4. The van der Waals surface area contributed by atoms with Crippen LogP contribution in [-0.4, -0.2) is 37.3 Å². The number of rotatable bonds is 8. The fourth-order valence-electron chi connectivity index (χ4n) is 4.65. The van der Waals surface area contributed by atoms with Crippen LogP contribution in [0.2, 0.25) is 0 Å². The first-order valence-electron chi connectivity index (χ1n) is 13.6. The van der Waals surface area contributed by atoms with Crippen LogP contribution in [0.15, 0.2) is 73.4 Å². The lowest BCUT2D eigenvalue weighted by Crippen LogP contribution is -2.20. The van der Waals surface area contributed by atoms with Crippen LogP contribution in [0, 0.1) is 12.8 Å². The molecule has 0 atom stereocenters. The molecule has 45 heavy (non-hydrogen) atoms. The SMILES string of the molecule is Cc1cn(-c2cc(C(N)=O)cc(OC(=O)c3nccc4cc(Oc5ccnc(NC(=O)C6CC6)c5)ccc34)c2C(F)(F)F)cn1. The Labute approximate surface area is 252 Å². The smallest absolute Gasteiger partial charge is 0.422 e. The number of fused-ring (bicyclic) bond motifs is 1. The third kappa shape index (κ3) is 6.30. The third-order valence-electron chi connectivity index (χ3n) is 6.94. The summed E-state index contributed by atoms with van der Waals surface area (Å²) in [4.78, 5) is 49.6. The van der Waals surface area contributed by atoms with Crippen LogP contribution in [0.3, 0.4) is 0 Å². The zero-order valence-corrected chi connectivity index (χ0v) is 23.5. The van der Waals surface area contributed by atoms with Gasteiger partial charge in [0.1, 0.15) is 28.6 Å².